The molecular weight excluding hydrogens is 265 g/mol. The van der Waals surface area contributed by atoms with Gasteiger partial charge in [0.25, 0.3) is 0 Å². The Bertz CT molecular complexity index is 643. The molecule has 0 aliphatic carbocycles. The van der Waals surface area contributed by atoms with Gasteiger partial charge in [-0.25, -0.2) is 4.39 Å². The van der Waals surface area contributed by atoms with Crippen molar-refractivity contribution in [3.63, 3.8) is 0 Å². The van der Waals surface area contributed by atoms with Crippen LogP contribution in [0.2, 0.25) is 0 Å². The molecule has 0 aliphatic heterocycles. The van der Waals surface area contributed by atoms with Crippen molar-refractivity contribution in [2.45, 2.75) is 13.0 Å². The monoisotopic (exact) mass is 277 g/mol. The topological polar surface area (TPSA) is 72.6 Å². The molecule has 0 spiro atoms. The lowest BCUT2D eigenvalue weighted by atomic mass is 10.1. The van der Waals surface area contributed by atoms with Gasteiger partial charge in [-0.05, 0) is 25.1 Å². The maximum Gasteiger partial charge on any atom is 0.311 e. The van der Waals surface area contributed by atoms with Crippen molar-refractivity contribution >= 4 is 5.69 Å². The highest BCUT2D eigenvalue weighted by Gasteiger charge is 2.19. The summed E-state index contributed by atoms with van der Waals surface area (Å²) in [5, 5.41) is 20.5. The minimum absolute atomic E-state index is 0.00926. The van der Waals surface area contributed by atoms with E-state index in [4.69, 9.17) is 4.74 Å². The molecule has 2 aromatic carbocycles. The van der Waals surface area contributed by atoms with E-state index < -0.39 is 16.8 Å². The predicted molar refractivity (Wildman–Crippen MR) is 70.2 cm³/mol. The zero-order valence-corrected chi connectivity index (χ0v) is 10.6. The smallest absolute Gasteiger partial charge is 0.311 e. The van der Waals surface area contributed by atoms with Gasteiger partial charge < -0.3 is 9.84 Å². The molecule has 2 rings (SSSR count). The van der Waals surface area contributed by atoms with Gasteiger partial charge in [-0.2, -0.15) is 0 Å². The van der Waals surface area contributed by atoms with Crippen LogP contribution < -0.4 is 4.74 Å². The third kappa shape index (κ3) is 2.75. The van der Waals surface area contributed by atoms with E-state index in [1.54, 1.807) is 6.07 Å². The van der Waals surface area contributed by atoms with Crippen LogP contribution in [0.5, 0.6) is 11.5 Å². The number of aliphatic hydroxyl groups is 1. The van der Waals surface area contributed by atoms with E-state index in [0.717, 1.165) is 0 Å². The number of hydrogen-bond donors (Lipinski definition) is 1. The van der Waals surface area contributed by atoms with Gasteiger partial charge in [-0.15, -0.1) is 0 Å². The van der Waals surface area contributed by atoms with E-state index in [1.807, 2.05) is 0 Å². The van der Waals surface area contributed by atoms with Crippen molar-refractivity contribution in [2.75, 3.05) is 0 Å². The maximum atomic E-state index is 13.7. The van der Waals surface area contributed by atoms with E-state index in [9.17, 15) is 19.6 Å². The molecule has 2 aromatic rings. The van der Waals surface area contributed by atoms with E-state index in [2.05, 4.69) is 0 Å². The molecule has 0 bridgehead atoms. The van der Waals surface area contributed by atoms with Crippen molar-refractivity contribution in [3.05, 3.63) is 64.0 Å². The highest BCUT2D eigenvalue weighted by molar-refractivity contribution is 5.49. The molecule has 0 amide bonds. The summed E-state index contributed by atoms with van der Waals surface area (Å²) in [6, 6.07) is 9.82. The zero-order chi connectivity index (χ0) is 14.7. The van der Waals surface area contributed by atoms with Gasteiger partial charge >= 0.3 is 5.69 Å². The quantitative estimate of drug-likeness (QED) is 0.684. The Balaban J connectivity index is 2.46. The summed E-state index contributed by atoms with van der Waals surface area (Å²) in [5.41, 5.74) is -0.265. The average molecular weight is 277 g/mol. The standard InChI is InChI=1S/C14H12FNO4/c1-9(17)14-10(15)5-4-8-13(14)20-12-7-3-2-6-11(12)16(18)19/h2-9,17H,1H3/t9-/m1/s1. The number of nitro groups is 1. The molecule has 0 aliphatic rings. The largest absolute Gasteiger partial charge is 0.450 e. The SMILES string of the molecule is C[C@@H](O)c1c(F)cccc1Oc1ccccc1[N+](=O)[O-]. The highest BCUT2D eigenvalue weighted by atomic mass is 19.1. The number of para-hydroxylation sites is 2. The van der Waals surface area contributed by atoms with Gasteiger partial charge in [0.2, 0.25) is 5.75 Å². The first-order valence-corrected chi connectivity index (χ1v) is 5.88. The molecule has 0 heterocycles. The number of ether oxygens (including phenoxy) is 1. The summed E-state index contributed by atoms with van der Waals surface area (Å²) in [7, 11) is 0. The second kappa shape index (κ2) is 5.66. The lowest BCUT2D eigenvalue weighted by molar-refractivity contribution is -0.385. The number of rotatable bonds is 4. The molecule has 1 atom stereocenters. The summed E-state index contributed by atoms with van der Waals surface area (Å²) in [6.07, 6.45) is -1.09. The van der Waals surface area contributed by atoms with Crippen LogP contribution in [-0.2, 0) is 0 Å². The fourth-order valence-electron chi connectivity index (χ4n) is 1.82. The number of hydrogen-bond acceptors (Lipinski definition) is 4. The van der Waals surface area contributed by atoms with E-state index in [1.165, 1.54) is 43.3 Å². The first-order chi connectivity index (χ1) is 9.50. The Kier molecular flexibility index (Phi) is 3.95. The third-order valence-corrected chi connectivity index (χ3v) is 2.71. The van der Waals surface area contributed by atoms with Crippen LogP contribution >= 0.6 is 0 Å². The van der Waals surface area contributed by atoms with Crippen LogP contribution in [-0.4, -0.2) is 10.0 Å². The number of nitrogens with zero attached hydrogens (tertiary/aromatic N) is 1. The van der Waals surface area contributed by atoms with Crippen molar-refractivity contribution in [1.82, 2.24) is 0 Å². The Morgan fingerprint density at radius 3 is 2.50 bits per heavy atom. The van der Waals surface area contributed by atoms with Gasteiger partial charge in [0.1, 0.15) is 11.6 Å². The number of halogens is 1. The fraction of sp³-hybridized carbons (Fsp3) is 0.143. The third-order valence-electron chi connectivity index (χ3n) is 2.71. The molecule has 0 saturated heterocycles. The van der Waals surface area contributed by atoms with Gasteiger partial charge in [-0.1, -0.05) is 18.2 Å². The highest BCUT2D eigenvalue weighted by Crippen LogP contribution is 2.35. The molecule has 5 nitrogen and oxygen atoms in total. The lowest BCUT2D eigenvalue weighted by Crippen LogP contribution is -2.01. The molecule has 20 heavy (non-hydrogen) atoms. The molecule has 0 saturated carbocycles. The summed E-state index contributed by atoms with van der Waals surface area (Å²) < 4.78 is 19.1. The predicted octanol–water partition coefficient (Wildman–Crippen LogP) is 3.58. The van der Waals surface area contributed by atoms with Crippen LogP contribution in [0.3, 0.4) is 0 Å². The van der Waals surface area contributed by atoms with Crippen LogP contribution in [0, 0.1) is 15.9 Å². The van der Waals surface area contributed by atoms with Crippen LogP contribution in [0.25, 0.3) is 0 Å². The molecule has 0 unspecified atom stereocenters. The average Bonchev–Trinajstić information content (AvgIpc) is 2.38. The molecular formula is C14H12FNO4. The van der Waals surface area contributed by atoms with Crippen molar-refractivity contribution < 1.29 is 19.2 Å². The van der Waals surface area contributed by atoms with Gasteiger partial charge in [0, 0.05) is 6.07 Å². The van der Waals surface area contributed by atoms with Gasteiger partial charge in [0.15, 0.2) is 0 Å². The molecule has 0 aromatic heterocycles. The number of nitro benzene ring substituents is 1. The van der Waals surface area contributed by atoms with Gasteiger partial charge in [0.05, 0.1) is 16.6 Å². The second-order valence-corrected chi connectivity index (χ2v) is 4.15. The molecule has 104 valence electrons. The van der Waals surface area contributed by atoms with E-state index in [-0.39, 0.29) is 22.7 Å². The summed E-state index contributed by atoms with van der Waals surface area (Å²) in [4.78, 5) is 10.3. The summed E-state index contributed by atoms with van der Waals surface area (Å²) in [5.74, 6) is -0.588. The van der Waals surface area contributed by atoms with Crippen molar-refractivity contribution in [3.8, 4) is 11.5 Å². The summed E-state index contributed by atoms with van der Waals surface area (Å²) >= 11 is 0. The van der Waals surface area contributed by atoms with Crippen LogP contribution in [0.4, 0.5) is 10.1 Å². The van der Waals surface area contributed by atoms with Crippen molar-refractivity contribution in [1.29, 1.82) is 0 Å². The first-order valence-electron chi connectivity index (χ1n) is 5.88. The minimum Gasteiger partial charge on any atom is -0.450 e. The van der Waals surface area contributed by atoms with Crippen LogP contribution in [0.15, 0.2) is 42.5 Å². The first kappa shape index (κ1) is 14.0. The number of benzene rings is 2. The van der Waals surface area contributed by atoms with Gasteiger partial charge in [-0.3, -0.25) is 10.1 Å². The van der Waals surface area contributed by atoms with Crippen LogP contribution in [0.1, 0.15) is 18.6 Å². The molecule has 1 N–H and O–H groups in total. The Hall–Kier alpha value is -2.47. The molecule has 0 fully saturated rings. The van der Waals surface area contributed by atoms with Crippen molar-refractivity contribution in [2.24, 2.45) is 0 Å². The normalized spacial score (nSPS) is 11.9. The fourth-order valence-corrected chi connectivity index (χ4v) is 1.82. The Morgan fingerprint density at radius 1 is 1.20 bits per heavy atom. The lowest BCUT2D eigenvalue weighted by Gasteiger charge is -2.13. The van der Waals surface area contributed by atoms with E-state index >= 15 is 0 Å². The number of aliphatic hydroxyl groups excluding tert-OH is 1. The second-order valence-electron chi connectivity index (χ2n) is 4.15. The maximum absolute atomic E-state index is 13.7. The summed E-state index contributed by atoms with van der Waals surface area (Å²) in [6.45, 7) is 1.39. The van der Waals surface area contributed by atoms with E-state index in [0.29, 0.717) is 0 Å². The molecule has 0 radical (unpaired) electrons. The Labute approximate surface area is 114 Å². The zero-order valence-electron chi connectivity index (χ0n) is 10.6. The molecule has 6 heteroatoms. The minimum atomic E-state index is -1.09. The Morgan fingerprint density at radius 2 is 1.85 bits per heavy atom.